The van der Waals surface area contributed by atoms with E-state index in [1.165, 1.54) is 16.7 Å². The molecule has 0 spiro atoms. The second-order valence-electron chi connectivity index (χ2n) is 9.95. The van der Waals surface area contributed by atoms with Gasteiger partial charge < -0.3 is 0 Å². The first-order valence-corrected chi connectivity index (χ1v) is 10.4. The molecule has 0 fully saturated rings. The van der Waals surface area contributed by atoms with Gasteiger partial charge in [-0.05, 0) is 27.5 Å². The van der Waals surface area contributed by atoms with Crippen LogP contribution in [0.25, 0.3) is 17.2 Å². The summed E-state index contributed by atoms with van der Waals surface area (Å²) in [4.78, 5) is 0. The molecule has 0 saturated carbocycles. The van der Waals surface area contributed by atoms with Gasteiger partial charge in [-0.2, -0.15) is 0 Å². The van der Waals surface area contributed by atoms with Gasteiger partial charge in [0, 0.05) is 11.3 Å². The number of hydrogen-bond acceptors (Lipinski definition) is 0. The highest BCUT2D eigenvalue weighted by molar-refractivity contribution is 5.75. The molecule has 0 saturated heterocycles. The molecule has 0 N–H and O–H groups in total. The lowest BCUT2D eigenvalue weighted by atomic mass is 9.48. The summed E-state index contributed by atoms with van der Waals surface area (Å²) in [6, 6.07) is 19.3. The third-order valence-corrected chi connectivity index (χ3v) is 6.33. The van der Waals surface area contributed by atoms with Gasteiger partial charge in [0.2, 0.25) is 0 Å². The van der Waals surface area contributed by atoms with Crippen LogP contribution in [-0.2, 0) is 0 Å². The average molecular weight is 371 g/mol. The molecule has 146 valence electrons. The second kappa shape index (κ2) is 7.59. The summed E-state index contributed by atoms with van der Waals surface area (Å²) in [5, 5.41) is 0. The molecule has 0 heteroatoms. The molecule has 1 aliphatic rings. The van der Waals surface area contributed by atoms with Gasteiger partial charge in [0.05, 0.1) is 0 Å². The Kier molecular flexibility index (Phi) is 5.53. The Morgan fingerprint density at radius 3 is 2.00 bits per heavy atom. The van der Waals surface area contributed by atoms with Crippen molar-refractivity contribution in [3.63, 3.8) is 0 Å². The maximum Gasteiger partial charge on any atom is 0.00793 e. The van der Waals surface area contributed by atoms with Crippen molar-refractivity contribution in [2.24, 2.45) is 22.2 Å². The van der Waals surface area contributed by atoms with E-state index < -0.39 is 0 Å². The van der Waals surface area contributed by atoms with Crippen LogP contribution < -0.4 is 0 Å². The zero-order chi connectivity index (χ0) is 20.4. The molecule has 3 rings (SSSR count). The summed E-state index contributed by atoms with van der Waals surface area (Å²) in [5.41, 5.74) is 4.15. The van der Waals surface area contributed by atoms with Crippen LogP contribution >= 0.6 is 0 Å². The number of hydrogen-bond donors (Lipinski definition) is 0. The van der Waals surface area contributed by atoms with Gasteiger partial charge >= 0.3 is 0 Å². The van der Waals surface area contributed by atoms with Crippen LogP contribution in [0.15, 0.2) is 85.0 Å². The summed E-state index contributed by atoms with van der Waals surface area (Å²) in [6.45, 7) is 14.3. The van der Waals surface area contributed by atoms with Crippen molar-refractivity contribution < 1.29 is 0 Å². The fraction of sp³-hybridized carbons (Fsp3) is 0.357. The van der Waals surface area contributed by atoms with Gasteiger partial charge in [-0.15, -0.1) is 0 Å². The van der Waals surface area contributed by atoms with E-state index in [4.69, 9.17) is 0 Å². The molecule has 0 heterocycles. The molecule has 2 aromatic rings. The summed E-state index contributed by atoms with van der Waals surface area (Å²) in [5.74, 6) is 0.348. The molecular weight excluding hydrogens is 336 g/mol. The zero-order valence-corrected chi connectivity index (χ0v) is 18.2. The van der Waals surface area contributed by atoms with E-state index in [1.807, 2.05) is 0 Å². The molecule has 0 aromatic heterocycles. The van der Waals surface area contributed by atoms with Crippen LogP contribution in [0.2, 0.25) is 0 Å². The third kappa shape index (κ3) is 3.65. The van der Waals surface area contributed by atoms with Crippen LogP contribution in [0, 0.1) is 22.2 Å². The van der Waals surface area contributed by atoms with Crippen molar-refractivity contribution in [1.29, 1.82) is 0 Å². The first-order valence-electron chi connectivity index (χ1n) is 10.4. The fourth-order valence-electron chi connectivity index (χ4n) is 5.23. The number of rotatable bonds is 3. The highest BCUT2D eigenvalue weighted by Crippen LogP contribution is 2.59. The quantitative estimate of drug-likeness (QED) is 0.511. The normalized spacial score (nSPS) is 19.3. The average Bonchev–Trinajstić information content (AvgIpc) is 2.65. The van der Waals surface area contributed by atoms with Crippen molar-refractivity contribution in [3.05, 3.63) is 90.5 Å². The molecule has 0 radical (unpaired) electrons. The van der Waals surface area contributed by atoms with Crippen LogP contribution in [0.4, 0.5) is 0 Å². The predicted octanol–water partition coefficient (Wildman–Crippen LogP) is 8.19. The molecule has 0 amide bonds. The predicted molar refractivity (Wildman–Crippen MR) is 124 cm³/mol. The van der Waals surface area contributed by atoms with E-state index in [1.54, 1.807) is 0 Å². The molecule has 1 aliphatic carbocycles. The maximum atomic E-state index is 2.45. The fourth-order valence-corrected chi connectivity index (χ4v) is 5.23. The highest BCUT2D eigenvalue weighted by atomic mass is 14.6. The second-order valence-corrected chi connectivity index (χ2v) is 9.95. The minimum absolute atomic E-state index is 0.0486. The minimum Gasteiger partial charge on any atom is -0.0767 e. The molecule has 1 unspecified atom stereocenters. The Hall–Kier alpha value is -2.34. The lowest BCUT2D eigenvalue weighted by molar-refractivity contribution is -0.00804. The number of allylic oxidation sites excluding steroid dienone is 5. The molecule has 2 aromatic carbocycles. The van der Waals surface area contributed by atoms with Crippen molar-refractivity contribution in [2.75, 3.05) is 0 Å². The molecule has 0 aliphatic heterocycles. The lowest BCUT2D eigenvalue weighted by Crippen LogP contribution is -2.49. The maximum absolute atomic E-state index is 2.45. The summed E-state index contributed by atoms with van der Waals surface area (Å²) >= 11 is 0. The van der Waals surface area contributed by atoms with Gasteiger partial charge in [0.1, 0.15) is 0 Å². The Morgan fingerprint density at radius 2 is 1.36 bits per heavy atom. The lowest BCUT2D eigenvalue weighted by Gasteiger charge is -2.56. The van der Waals surface area contributed by atoms with Crippen LogP contribution in [0.3, 0.4) is 0 Å². The van der Waals surface area contributed by atoms with E-state index in [0.717, 1.165) is 0 Å². The van der Waals surface area contributed by atoms with Crippen molar-refractivity contribution in [2.45, 2.75) is 41.5 Å². The van der Waals surface area contributed by atoms with Gasteiger partial charge in [0.25, 0.3) is 0 Å². The Balaban J connectivity index is 2.05. The number of benzene rings is 2. The van der Waals surface area contributed by atoms with Crippen molar-refractivity contribution in [3.8, 4) is 11.1 Å². The Bertz CT molecular complexity index is 866. The Morgan fingerprint density at radius 1 is 0.750 bits per heavy atom. The van der Waals surface area contributed by atoms with E-state index in [9.17, 15) is 0 Å². The topological polar surface area (TPSA) is 0 Å². The standard InChI is InChI=1S/C28H34/c1-26(2,3)28(27(4,5)6)21-13-12-17-24(28)20-19-23-16-10-11-18-25(23)22-14-8-7-9-15-22/h7-21,24H,1-6H3. The van der Waals surface area contributed by atoms with E-state index in [0.29, 0.717) is 5.92 Å². The van der Waals surface area contributed by atoms with E-state index in [2.05, 4.69) is 133 Å². The largest absolute Gasteiger partial charge is 0.0767 e. The molecule has 0 nitrogen and oxygen atoms in total. The monoisotopic (exact) mass is 370 g/mol. The van der Waals surface area contributed by atoms with Crippen LogP contribution in [-0.4, -0.2) is 0 Å². The Labute approximate surface area is 171 Å². The summed E-state index contributed by atoms with van der Waals surface area (Å²) in [7, 11) is 0. The van der Waals surface area contributed by atoms with Crippen LogP contribution in [0.1, 0.15) is 47.1 Å². The highest BCUT2D eigenvalue weighted by Gasteiger charge is 2.52. The zero-order valence-electron chi connectivity index (χ0n) is 18.2. The smallest absolute Gasteiger partial charge is 0.00793 e. The van der Waals surface area contributed by atoms with Gasteiger partial charge in [0.15, 0.2) is 0 Å². The molecule has 28 heavy (non-hydrogen) atoms. The first kappa shape index (κ1) is 20.4. The third-order valence-electron chi connectivity index (χ3n) is 6.33. The van der Waals surface area contributed by atoms with Crippen LogP contribution in [0.5, 0.6) is 0 Å². The van der Waals surface area contributed by atoms with Gasteiger partial charge in [-0.3, -0.25) is 0 Å². The van der Waals surface area contributed by atoms with E-state index >= 15 is 0 Å². The molecular formula is C28H34. The minimum atomic E-state index is 0.0486. The molecule has 1 atom stereocenters. The SMILES string of the molecule is CC(C)(C)C1(C(C)(C)C)C=CC=CC1C=Cc1ccccc1-c1ccccc1. The van der Waals surface area contributed by atoms with Crippen molar-refractivity contribution in [1.82, 2.24) is 0 Å². The van der Waals surface area contributed by atoms with Crippen molar-refractivity contribution >= 4 is 6.08 Å². The van der Waals surface area contributed by atoms with Gasteiger partial charge in [-0.25, -0.2) is 0 Å². The summed E-state index contributed by atoms with van der Waals surface area (Å²) < 4.78 is 0. The first-order chi connectivity index (χ1) is 13.2. The molecule has 0 bridgehead atoms. The van der Waals surface area contributed by atoms with Gasteiger partial charge in [-0.1, -0.05) is 133 Å². The van der Waals surface area contributed by atoms with E-state index in [-0.39, 0.29) is 16.2 Å². The summed E-state index contributed by atoms with van der Waals surface area (Å²) in [6.07, 6.45) is 14.0.